The Balaban J connectivity index is 1.73. The number of carbonyl (C=O) groups is 1. The fourth-order valence-electron chi connectivity index (χ4n) is 2.72. The van der Waals surface area contributed by atoms with Gasteiger partial charge < -0.3 is 24.1 Å². The zero-order chi connectivity index (χ0) is 18.9. The Bertz CT molecular complexity index is 797. The normalized spacial score (nSPS) is 17.1. The predicted molar refractivity (Wildman–Crippen MR) is 96.4 cm³/mol. The van der Waals surface area contributed by atoms with E-state index in [0.717, 1.165) is 11.3 Å². The zero-order valence-corrected chi connectivity index (χ0v) is 15.7. The summed E-state index contributed by atoms with van der Waals surface area (Å²) in [6.07, 6.45) is -0.451. The van der Waals surface area contributed by atoms with Gasteiger partial charge in [0.25, 0.3) is 0 Å². The van der Waals surface area contributed by atoms with Crippen LogP contribution in [0, 0.1) is 6.92 Å². The molecule has 2 aromatic rings. The van der Waals surface area contributed by atoms with Crippen LogP contribution < -0.4 is 15.0 Å². The third kappa shape index (κ3) is 4.25. The van der Waals surface area contributed by atoms with Crippen LogP contribution in [-0.4, -0.2) is 48.1 Å². The lowest BCUT2D eigenvalue weighted by molar-refractivity contribution is 0.0492. The fraction of sp³-hybridized carbons (Fsp3) is 0.500. The van der Waals surface area contributed by atoms with Crippen molar-refractivity contribution < 1.29 is 18.7 Å². The number of fused-ring (bicyclic) bond motifs is 1. The number of nitrogens with zero attached hydrogens (tertiary/aromatic N) is 3. The van der Waals surface area contributed by atoms with E-state index in [2.05, 4.69) is 15.5 Å². The maximum absolute atomic E-state index is 12.0. The minimum atomic E-state index is -0.540. The van der Waals surface area contributed by atoms with Crippen molar-refractivity contribution in [2.24, 2.45) is 0 Å². The smallest absolute Gasteiger partial charge is 0.408 e. The Morgan fingerprint density at radius 1 is 1.35 bits per heavy atom. The number of anilines is 1. The van der Waals surface area contributed by atoms with Gasteiger partial charge in [-0.1, -0.05) is 0 Å². The highest BCUT2D eigenvalue weighted by molar-refractivity contribution is 5.70. The molecule has 0 fully saturated rings. The maximum atomic E-state index is 12.0. The first-order valence-electron chi connectivity index (χ1n) is 8.49. The van der Waals surface area contributed by atoms with Crippen LogP contribution in [0.1, 0.15) is 26.7 Å². The Hall–Kier alpha value is -2.77. The van der Waals surface area contributed by atoms with Crippen molar-refractivity contribution in [3.8, 4) is 17.2 Å². The molecule has 0 radical (unpaired) electrons. The Labute approximate surface area is 152 Å². The van der Waals surface area contributed by atoms with Gasteiger partial charge in [0, 0.05) is 26.1 Å². The monoisotopic (exact) mass is 360 g/mol. The van der Waals surface area contributed by atoms with Crippen molar-refractivity contribution >= 4 is 11.8 Å². The number of nitrogens with one attached hydrogen (secondary N) is 1. The quantitative estimate of drug-likeness (QED) is 0.880. The molecule has 0 saturated carbocycles. The lowest BCUT2D eigenvalue weighted by atomic mass is 10.1. The first-order chi connectivity index (χ1) is 12.2. The van der Waals surface area contributed by atoms with Crippen LogP contribution in [0.3, 0.4) is 0 Å². The Morgan fingerprint density at radius 3 is 2.77 bits per heavy atom. The molecule has 3 rings (SSSR count). The number of alkyl carbamates (subject to hydrolysis) is 1. The molecule has 1 amide bonds. The molecular weight excluding hydrogens is 336 g/mol. The molecule has 1 aliphatic heterocycles. The first kappa shape index (κ1) is 18.0. The summed E-state index contributed by atoms with van der Waals surface area (Å²) < 4.78 is 16.7. The van der Waals surface area contributed by atoms with E-state index >= 15 is 0 Å². The molecule has 1 N–H and O–H groups in total. The van der Waals surface area contributed by atoms with E-state index in [4.69, 9.17) is 13.9 Å². The van der Waals surface area contributed by atoms with Crippen LogP contribution >= 0.6 is 0 Å². The van der Waals surface area contributed by atoms with Crippen LogP contribution in [0.25, 0.3) is 11.5 Å². The fourth-order valence-corrected chi connectivity index (χ4v) is 2.72. The van der Waals surface area contributed by atoms with Crippen LogP contribution in [-0.2, 0) is 4.74 Å². The number of hydrogen-bond acceptors (Lipinski definition) is 7. The number of aromatic nitrogens is 2. The first-order valence-corrected chi connectivity index (χ1v) is 8.49. The molecule has 1 aromatic carbocycles. The van der Waals surface area contributed by atoms with Crippen LogP contribution in [0.5, 0.6) is 5.75 Å². The van der Waals surface area contributed by atoms with Gasteiger partial charge >= 0.3 is 6.09 Å². The summed E-state index contributed by atoms with van der Waals surface area (Å²) in [7, 11) is 1.95. The third-order valence-corrected chi connectivity index (χ3v) is 3.80. The van der Waals surface area contributed by atoms with Gasteiger partial charge in [0.2, 0.25) is 11.8 Å². The highest BCUT2D eigenvalue weighted by Gasteiger charge is 2.25. The standard InChI is InChI=1S/C18H24N4O4/c1-11-20-21-16(25-11)12-6-7-14-15(8-12)24-10-13(9-22(14)5)19-17(23)26-18(2,3)4/h6-8,13H,9-10H2,1-5H3,(H,19,23)/t13-/m1/s1. The Morgan fingerprint density at radius 2 is 2.12 bits per heavy atom. The average molecular weight is 360 g/mol. The summed E-state index contributed by atoms with van der Waals surface area (Å²) in [4.78, 5) is 14.1. The largest absolute Gasteiger partial charge is 0.489 e. The van der Waals surface area contributed by atoms with Crippen LogP contribution in [0.4, 0.5) is 10.5 Å². The third-order valence-electron chi connectivity index (χ3n) is 3.80. The van der Waals surface area contributed by atoms with Crippen LogP contribution in [0.2, 0.25) is 0 Å². The highest BCUT2D eigenvalue weighted by Crippen LogP contribution is 2.34. The number of aryl methyl sites for hydroxylation is 1. The number of likely N-dealkylation sites (N-methyl/N-ethyl adjacent to an activating group) is 1. The van der Waals surface area contributed by atoms with Gasteiger partial charge in [-0.05, 0) is 39.0 Å². The topological polar surface area (TPSA) is 89.7 Å². The van der Waals surface area contributed by atoms with E-state index in [0.29, 0.717) is 30.7 Å². The molecule has 1 aromatic heterocycles. The summed E-state index contributed by atoms with van der Waals surface area (Å²) in [6.45, 7) is 8.18. The minimum Gasteiger partial charge on any atom is -0.489 e. The van der Waals surface area contributed by atoms with E-state index in [1.165, 1.54) is 0 Å². The molecule has 26 heavy (non-hydrogen) atoms. The summed E-state index contributed by atoms with van der Waals surface area (Å²) in [5.41, 5.74) is 1.18. The summed E-state index contributed by atoms with van der Waals surface area (Å²) in [6, 6.07) is 5.53. The van der Waals surface area contributed by atoms with Gasteiger partial charge in [-0.3, -0.25) is 0 Å². The second-order valence-corrected chi connectivity index (χ2v) is 7.34. The second kappa shape index (κ2) is 6.86. The van der Waals surface area contributed by atoms with E-state index in [1.54, 1.807) is 6.92 Å². The molecule has 2 heterocycles. The molecule has 0 spiro atoms. The van der Waals surface area contributed by atoms with Crippen molar-refractivity contribution in [2.45, 2.75) is 39.3 Å². The SMILES string of the molecule is Cc1nnc(-c2ccc3c(c2)OC[C@H](NC(=O)OC(C)(C)C)CN3C)o1. The van der Waals surface area contributed by atoms with Crippen molar-refractivity contribution in [3.63, 3.8) is 0 Å². The van der Waals surface area contributed by atoms with E-state index in [-0.39, 0.29) is 6.04 Å². The van der Waals surface area contributed by atoms with Crippen molar-refractivity contribution in [2.75, 3.05) is 25.1 Å². The predicted octanol–water partition coefficient (Wildman–Crippen LogP) is 2.77. The second-order valence-electron chi connectivity index (χ2n) is 7.34. The van der Waals surface area contributed by atoms with Crippen molar-refractivity contribution in [3.05, 3.63) is 24.1 Å². The van der Waals surface area contributed by atoms with Gasteiger partial charge in [0.15, 0.2) is 0 Å². The number of rotatable bonds is 2. The van der Waals surface area contributed by atoms with Gasteiger partial charge in [0.05, 0.1) is 11.7 Å². The van der Waals surface area contributed by atoms with E-state index < -0.39 is 11.7 Å². The number of carbonyl (C=O) groups excluding carboxylic acids is 1. The summed E-state index contributed by atoms with van der Waals surface area (Å²) in [5.74, 6) is 1.66. The average Bonchev–Trinajstić information content (AvgIpc) is 2.90. The van der Waals surface area contributed by atoms with Gasteiger partial charge in [0.1, 0.15) is 18.0 Å². The Kier molecular flexibility index (Phi) is 4.76. The molecule has 0 aliphatic carbocycles. The minimum absolute atomic E-state index is 0.198. The molecule has 1 atom stereocenters. The summed E-state index contributed by atoms with van der Waals surface area (Å²) >= 11 is 0. The molecule has 8 nitrogen and oxygen atoms in total. The molecule has 0 unspecified atom stereocenters. The number of benzene rings is 1. The molecule has 0 saturated heterocycles. The molecule has 8 heteroatoms. The van der Waals surface area contributed by atoms with Crippen molar-refractivity contribution in [1.29, 1.82) is 0 Å². The number of amides is 1. The van der Waals surface area contributed by atoms with E-state index in [1.807, 2.05) is 50.9 Å². The zero-order valence-electron chi connectivity index (χ0n) is 15.7. The molecule has 140 valence electrons. The lowest BCUT2D eigenvalue weighted by Crippen LogP contribution is -2.46. The van der Waals surface area contributed by atoms with E-state index in [9.17, 15) is 4.79 Å². The summed E-state index contributed by atoms with van der Waals surface area (Å²) in [5, 5.41) is 10.8. The van der Waals surface area contributed by atoms with Gasteiger partial charge in [-0.15, -0.1) is 10.2 Å². The molecule has 1 aliphatic rings. The maximum Gasteiger partial charge on any atom is 0.408 e. The highest BCUT2D eigenvalue weighted by atomic mass is 16.6. The number of hydrogen-bond donors (Lipinski definition) is 1. The van der Waals surface area contributed by atoms with Gasteiger partial charge in [-0.25, -0.2) is 4.79 Å². The molecular formula is C18H24N4O4. The van der Waals surface area contributed by atoms with Crippen LogP contribution in [0.15, 0.2) is 22.6 Å². The number of ether oxygens (including phenoxy) is 2. The van der Waals surface area contributed by atoms with Gasteiger partial charge in [-0.2, -0.15) is 0 Å². The molecule has 0 bridgehead atoms. The van der Waals surface area contributed by atoms with Crippen molar-refractivity contribution in [1.82, 2.24) is 15.5 Å². The lowest BCUT2D eigenvalue weighted by Gasteiger charge is -2.25.